The van der Waals surface area contributed by atoms with E-state index in [0.717, 1.165) is 5.56 Å². The average Bonchev–Trinajstić information content (AvgIpc) is 2.73. The van der Waals surface area contributed by atoms with Crippen LogP contribution in [0.4, 0.5) is 0 Å². The molecule has 116 valence electrons. The molecule has 0 radical (unpaired) electrons. The number of allylic oxidation sites excluding steroid dienone is 1. The van der Waals surface area contributed by atoms with Crippen molar-refractivity contribution in [3.63, 3.8) is 0 Å². The van der Waals surface area contributed by atoms with Crippen LogP contribution in [-0.4, -0.2) is 37.5 Å². The van der Waals surface area contributed by atoms with Crippen molar-refractivity contribution < 1.29 is 19.1 Å². The summed E-state index contributed by atoms with van der Waals surface area (Å²) in [6.07, 6.45) is 1.67. The number of hydrogen-bond donors (Lipinski definition) is 0. The molecule has 1 aliphatic heterocycles. The maximum atomic E-state index is 12.4. The predicted molar refractivity (Wildman–Crippen MR) is 83.1 cm³/mol. The van der Waals surface area contributed by atoms with E-state index < -0.39 is 5.97 Å². The van der Waals surface area contributed by atoms with Gasteiger partial charge in [0.15, 0.2) is 0 Å². The average molecular weight is 301 g/mol. The maximum absolute atomic E-state index is 12.4. The van der Waals surface area contributed by atoms with Crippen molar-refractivity contribution >= 4 is 18.0 Å². The van der Waals surface area contributed by atoms with E-state index in [1.165, 1.54) is 12.0 Å². The van der Waals surface area contributed by atoms with Crippen molar-refractivity contribution in [2.75, 3.05) is 20.8 Å². The van der Waals surface area contributed by atoms with Gasteiger partial charge >= 0.3 is 5.97 Å². The Kier molecular flexibility index (Phi) is 4.65. The molecule has 0 spiro atoms. The molecule has 0 fully saturated rings. The second kappa shape index (κ2) is 6.47. The highest BCUT2D eigenvalue weighted by Crippen LogP contribution is 2.32. The number of rotatable bonds is 4. The molecule has 1 aromatic rings. The third-order valence-corrected chi connectivity index (χ3v) is 3.58. The Labute approximate surface area is 129 Å². The molecule has 0 unspecified atom stereocenters. The van der Waals surface area contributed by atoms with Gasteiger partial charge in [-0.25, -0.2) is 4.79 Å². The van der Waals surface area contributed by atoms with Crippen LogP contribution < -0.4 is 4.74 Å². The first-order chi connectivity index (χ1) is 10.5. The Balaban J connectivity index is 2.54. The summed E-state index contributed by atoms with van der Waals surface area (Å²) < 4.78 is 10.4. The van der Waals surface area contributed by atoms with Gasteiger partial charge in [-0.2, -0.15) is 0 Å². The van der Waals surface area contributed by atoms with E-state index in [1.54, 1.807) is 20.0 Å². The van der Waals surface area contributed by atoms with E-state index in [0.29, 0.717) is 29.2 Å². The van der Waals surface area contributed by atoms with Gasteiger partial charge < -0.3 is 14.4 Å². The minimum Gasteiger partial charge on any atom is -0.493 e. The van der Waals surface area contributed by atoms with Gasteiger partial charge in [-0.1, -0.05) is 18.2 Å². The standard InChI is InChI=1S/C17H19NO4/c1-5-22-14-9-7-6-8-12(14)10-13-15(17(20)21-4)11(2)18(3)16(13)19/h6-10H,5H2,1-4H3/b13-10-. The third kappa shape index (κ3) is 2.74. The number of para-hydroxylation sites is 1. The maximum Gasteiger partial charge on any atom is 0.340 e. The highest BCUT2D eigenvalue weighted by molar-refractivity contribution is 6.16. The predicted octanol–water partition coefficient (Wildman–Crippen LogP) is 2.39. The lowest BCUT2D eigenvalue weighted by Gasteiger charge is -2.09. The van der Waals surface area contributed by atoms with E-state index in [-0.39, 0.29) is 5.91 Å². The number of likely N-dealkylation sites (N-methyl/N-ethyl adjacent to an activating group) is 1. The number of hydrogen-bond acceptors (Lipinski definition) is 4. The van der Waals surface area contributed by atoms with Crippen LogP contribution in [0.1, 0.15) is 19.4 Å². The number of nitrogens with zero attached hydrogens (tertiary/aromatic N) is 1. The van der Waals surface area contributed by atoms with E-state index in [9.17, 15) is 9.59 Å². The monoisotopic (exact) mass is 301 g/mol. The Bertz CT molecular complexity index is 673. The highest BCUT2D eigenvalue weighted by Gasteiger charge is 2.35. The molecule has 5 heteroatoms. The summed E-state index contributed by atoms with van der Waals surface area (Å²) in [5, 5.41) is 0. The molecule has 5 nitrogen and oxygen atoms in total. The molecule has 0 atom stereocenters. The lowest BCUT2D eigenvalue weighted by Crippen LogP contribution is -2.19. The fourth-order valence-electron chi connectivity index (χ4n) is 2.34. The Morgan fingerprint density at radius 3 is 2.64 bits per heavy atom. The lowest BCUT2D eigenvalue weighted by molar-refractivity contribution is -0.136. The molecule has 0 saturated carbocycles. The highest BCUT2D eigenvalue weighted by atomic mass is 16.5. The second-order valence-electron chi connectivity index (χ2n) is 4.85. The van der Waals surface area contributed by atoms with Crippen molar-refractivity contribution in [1.82, 2.24) is 4.90 Å². The quantitative estimate of drug-likeness (QED) is 0.633. The Morgan fingerprint density at radius 1 is 1.32 bits per heavy atom. The number of carbonyl (C=O) groups is 2. The van der Waals surface area contributed by atoms with Crippen LogP contribution in [0.25, 0.3) is 6.08 Å². The van der Waals surface area contributed by atoms with Gasteiger partial charge in [0, 0.05) is 18.3 Å². The lowest BCUT2D eigenvalue weighted by atomic mass is 10.0. The summed E-state index contributed by atoms with van der Waals surface area (Å²) >= 11 is 0. The van der Waals surface area contributed by atoms with Gasteiger partial charge in [0.2, 0.25) is 0 Å². The zero-order chi connectivity index (χ0) is 16.3. The van der Waals surface area contributed by atoms with E-state index in [4.69, 9.17) is 9.47 Å². The van der Waals surface area contributed by atoms with Gasteiger partial charge in [-0.05, 0) is 26.0 Å². The molecule has 1 heterocycles. The topological polar surface area (TPSA) is 55.8 Å². The van der Waals surface area contributed by atoms with Crippen molar-refractivity contribution in [3.05, 3.63) is 46.7 Å². The van der Waals surface area contributed by atoms with Gasteiger partial charge in [-0.3, -0.25) is 4.79 Å². The number of benzene rings is 1. The summed E-state index contributed by atoms with van der Waals surface area (Å²) in [6.45, 7) is 4.13. The third-order valence-electron chi connectivity index (χ3n) is 3.58. The SMILES string of the molecule is CCOc1ccccc1/C=C1\C(=O)N(C)C(C)=C1C(=O)OC. The van der Waals surface area contributed by atoms with E-state index in [1.807, 2.05) is 31.2 Å². The molecule has 0 N–H and O–H groups in total. The molecule has 1 amide bonds. The van der Waals surface area contributed by atoms with Crippen molar-refractivity contribution in [3.8, 4) is 5.75 Å². The Hall–Kier alpha value is -2.56. The molecular weight excluding hydrogens is 282 g/mol. The van der Waals surface area contributed by atoms with Crippen LogP contribution >= 0.6 is 0 Å². The largest absolute Gasteiger partial charge is 0.493 e. The molecule has 22 heavy (non-hydrogen) atoms. The van der Waals surface area contributed by atoms with Gasteiger partial charge in [0.1, 0.15) is 5.75 Å². The number of ether oxygens (including phenoxy) is 2. The number of carbonyl (C=O) groups excluding carboxylic acids is 2. The Morgan fingerprint density at radius 2 is 2.00 bits per heavy atom. The van der Waals surface area contributed by atoms with Crippen LogP contribution in [-0.2, 0) is 14.3 Å². The molecule has 1 aromatic carbocycles. The molecule has 0 aromatic heterocycles. The van der Waals surface area contributed by atoms with Crippen molar-refractivity contribution in [2.24, 2.45) is 0 Å². The first kappa shape index (κ1) is 15.8. The van der Waals surface area contributed by atoms with Gasteiger partial charge in [0.25, 0.3) is 5.91 Å². The minimum absolute atomic E-state index is 0.232. The summed E-state index contributed by atoms with van der Waals surface area (Å²) in [5.41, 5.74) is 1.94. The van der Waals surface area contributed by atoms with E-state index in [2.05, 4.69) is 0 Å². The number of methoxy groups -OCH3 is 1. The minimum atomic E-state index is -0.518. The summed E-state index contributed by atoms with van der Waals surface area (Å²) in [6, 6.07) is 7.38. The smallest absolute Gasteiger partial charge is 0.340 e. The molecule has 0 saturated heterocycles. The van der Waals surface area contributed by atoms with Crippen molar-refractivity contribution in [2.45, 2.75) is 13.8 Å². The van der Waals surface area contributed by atoms with Crippen LogP contribution in [0.3, 0.4) is 0 Å². The van der Waals surface area contributed by atoms with E-state index >= 15 is 0 Å². The second-order valence-corrected chi connectivity index (χ2v) is 4.85. The fraction of sp³-hybridized carbons (Fsp3) is 0.294. The van der Waals surface area contributed by atoms with Crippen molar-refractivity contribution in [1.29, 1.82) is 0 Å². The zero-order valence-corrected chi connectivity index (χ0v) is 13.2. The molecular formula is C17H19NO4. The van der Waals surface area contributed by atoms with Crippen LogP contribution in [0.2, 0.25) is 0 Å². The van der Waals surface area contributed by atoms with Gasteiger partial charge in [0.05, 0.1) is 24.9 Å². The summed E-state index contributed by atoms with van der Waals surface area (Å²) in [4.78, 5) is 25.8. The van der Waals surface area contributed by atoms with Crippen LogP contribution in [0, 0.1) is 0 Å². The molecule has 1 aliphatic rings. The number of amides is 1. The van der Waals surface area contributed by atoms with Crippen LogP contribution in [0.5, 0.6) is 5.75 Å². The fourth-order valence-corrected chi connectivity index (χ4v) is 2.34. The molecule has 0 aliphatic carbocycles. The van der Waals surface area contributed by atoms with Gasteiger partial charge in [-0.15, -0.1) is 0 Å². The van der Waals surface area contributed by atoms with Crippen LogP contribution in [0.15, 0.2) is 41.1 Å². The molecule has 2 rings (SSSR count). The summed E-state index contributed by atoms with van der Waals surface area (Å²) in [5.74, 6) is -0.0822. The first-order valence-corrected chi connectivity index (χ1v) is 7.02. The molecule has 0 bridgehead atoms. The first-order valence-electron chi connectivity index (χ1n) is 7.02. The normalized spacial score (nSPS) is 16.5. The summed E-state index contributed by atoms with van der Waals surface area (Å²) in [7, 11) is 2.94. The number of esters is 1. The zero-order valence-electron chi connectivity index (χ0n) is 13.2.